The minimum absolute atomic E-state index is 0.309. The predicted molar refractivity (Wildman–Crippen MR) is 56.3 cm³/mol. The van der Waals surface area contributed by atoms with E-state index in [2.05, 4.69) is 0 Å². The molecule has 0 aliphatic heterocycles. The maximum absolute atomic E-state index is 11.2. The Bertz CT molecular complexity index is 341. The highest BCUT2D eigenvalue weighted by molar-refractivity contribution is 5.66. The topological polar surface area (TPSA) is 64.8 Å². The van der Waals surface area contributed by atoms with E-state index in [0.717, 1.165) is 5.06 Å². The fourth-order valence-electron chi connectivity index (χ4n) is 0.981. The van der Waals surface area contributed by atoms with Gasteiger partial charge in [-0.05, 0) is 19.1 Å². The van der Waals surface area contributed by atoms with E-state index in [-0.39, 0.29) is 0 Å². The number of hydroxylamine groups is 2. The molecule has 0 unspecified atom stereocenters. The van der Waals surface area contributed by atoms with E-state index in [0.29, 0.717) is 18.0 Å². The van der Waals surface area contributed by atoms with Crippen molar-refractivity contribution in [1.29, 1.82) is 0 Å². The van der Waals surface area contributed by atoms with Gasteiger partial charge in [0, 0.05) is 11.8 Å². The first-order valence-corrected chi connectivity index (χ1v) is 4.57. The summed E-state index contributed by atoms with van der Waals surface area (Å²) in [5.74, 6) is 0.491. The van der Waals surface area contributed by atoms with Crippen LogP contribution >= 0.6 is 0 Å². The smallest absolute Gasteiger partial charge is 0.442 e. The lowest BCUT2D eigenvalue weighted by molar-refractivity contribution is -0.0261. The molecule has 2 N–H and O–H groups in total. The fraction of sp³-hybridized carbons (Fsp3) is 0.300. The predicted octanol–water partition coefficient (Wildman–Crippen LogP) is 1.65. The Kier molecular flexibility index (Phi) is 3.79. The van der Waals surface area contributed by atoms with Gasteiger partial charge >= 0.3 is 6.09 Å². The summed E-state index contributed by atoms with van der Waals surface area (Å²) in [6, 6.07) is 6.79. The molecule has 0 radical (unpaired) electrons. The summed E-state index contributed by atoms with van der Waals surface area (Å²) >= 11 is 0. The molecule has 0 aromatic heterocycles. The van der Waals surface area contributed by atoms with Crippen molar-refractivity contribution in [3.63, 3.8) is 0 Å². The van der Waals surface area contributed by atoms with E-state index in [9.17, 15) is 4.79 Å². The molecule has 0 fully saturated rings. The van der Waals surface area contributed by atoms with E-state index in [4.69, 9.17) is 15.3 Å². The molecule has 5 nitrogen and oxygen atoms in total. The van der Waals surface area contributed by atoms with Crippen molar-refractivity contribution < 1.29 is 14.4 Å². The summed E-state index contributed by atoms with van der Waals surface area (Å²) in [5.41, 5.74) is 6.13. The second-order valence-electron chi connectivity index (χ2n) is 2.86. The van der Waals surface area contributed by atoms with Crippen molar-refractivity contribution in [3.05, 3.63) is 24.3 Å². The average Bonchev–Trinajstić information content (AvgIpc) is 2.18. The quantitative estimate of drug-likeness (QED) is 0.608. The van der Waals surface area contributed by atoms with Crippen LogP contribution in [0.1, 0.15) is 6.92 Å². The third-order valence-electron chi connectivity index (χ3n) is 1.63. The van der Waals surface area contributed by atoms with Crippen molar-refractivity contribution in [2.75, 3.05) is 19.4 Å². The number of nitrogens with two attached hydrogens (primary N) is 1. The third-order valence-corrected chi connectivity index (χ3v) is 1.63. The van der Waals surface area contributed by atoms with E-state index < -0.39 is 6.09 Å². The van der Waals surface area contributed by atoms with Crippen LogP contribution in [0.15, 0.2) is 24.3 Å². The van der Waals surface area contributed by atoms with Crippen molar-refractivity contribution in [2.45, 2.75) is 6.92 Å². The summed E-state index contributed by atoms with van der Waals surface area (Å²) in [4.78, 5) is 16.4. The van der Waals surface area contributed by atoms with Gasteiger partial charge in [0.1, 0.15) is 0 Å². The number of rotatable bonds is 3. The van der Waals surface area contributed by atoms with Gasteiger partial charge < -0.3 is 15.3 Å². The summed E-state index contributed by atoms with van der Waals surface area (Å²) < 4.78 is 4.74. The Labute approximate surface area is 88.3 Å². The van der Waals surface area contributed by atoms with Gasteiger partial charge in [-0.15, -0.1) is 5.06 Å². The SMILES string of the molecule is CCOC(=O)N(C)Oc1cccc(N)c1. The highest BCUT2D eigenvalue weighted by Crippen LogP contribution is 2.15. The lowest BCUT2D eigenvalue weighted by Gasteiger charge is -2.16. The molecule has 82 valence electrons. The number of ether oxygens (including phenoxy) is 1. The van der Waals surface area contributed by atoms with E-state index in [1.165, 1.54) is 7.05 Å². The lowest BCUT2D eigenvalue weighted by Crippen LogP contribution is -2.30. The number of hydrogen-bond donors (Lipinski definition) is 1. The van der Waals surface area contributed by atoms with Gasteiger partial charge in [0.15, 0.2) is 5.75 Å². The van der Waals surface area contributed by atoms with E-state index in [1.807, 2.05) is 0 Å². The van der Waals surface area contributed by atoms with E-state index >= 15 is 0 Å². The first kappa shape index (κ1) is 11.2. The second-order valence-corrected chi connectivity index (χ2v) is 2.86. The molecule has 0 atom stereocenters. The average molecular weight is 210 g/mol. The summed E-state index contributed by atoms with van der Waals surface area (Å²) in [6.07, 6.45) is -0.542. The van der Waals surface area contributed by atoms with Crippen LogP contribution in [0.4, 0.5) is 10.5 Å². The van der Waals surface area contributed by atoms with Gasteiger partial charge in [-0.2, -0.15) is 0 Å². The molecule has 0 saturated heterocycles. The van der Waals surface area contributed by atoms with Crippen molar-refractivity contribution in [3.8, 4) is 5.75 Å². The van der Waals surface area contributed by atoms with Crippen LogP contribution in [0, 0.1) is 0 Å². The number of benzene rings is 1. The first-order chi connectivity index (χ1) is 7.13. The Morgan fingerprint density at radius 3 is 2.87 bits per heavy atom. The van der Waals surface area contributed by atoms with Crippen LogP contribution in [0.3, 0.4) is 0 Å². The normalized spacial score (nSPS) is 9.47. The molecule has 1 aromatic rings. The fourth-order valence-corrected chi connectivity index (χ4v) is 0.981. The number of hydrogen-bond acceptors (Lipinski definition) is 4. The monoisotopic (exact) mass is 210 g/mol. The van der Waals surface area contributed by atoms with Gasteiger partial charge in [-0.25, -0.2) is 4.79 Å². The first-order valence-electron chi connectivity index (χ1n) is 4.57. The molecule has 0 bridgehead atoms. The molecule has 0 heterocycles. The van der Waals surface area contributed by atoms with Gasteiger partial charge in [0.2, 0.25) is 0 Å². The Balaban J connectivity index is 2.58. The molecule has 1 amide bonds. The zero-order valence-corrected chi connectivity index (χ0v) is 8.77. The molecule has 0 saturated carbocycles. The number of carbonyl (C=O) groups is 1. The Morgan fingerprint density at radius 2 is 2.27 bits per heavy atom. The molecule has 0 aliphatic rings. The second kappa shape index (κ2) is 5.09. The third kappa shape index (κ3) is 3.38. The summed E-state index contributed by atoms with van der Waals surface area (Å²) in [6.45, 7) is 2.04. The lowest BCUT2D eigenvalue weighted by atomic mass is 10.3. The van der Waals surface area contributed by atoms with E-state index in [1.54, 1.807) is 31.2 Å². The van der Waals surface area contributed by atoms with Crippen LogP contribution in [-0.2, 0) is 4.74 Å². The van der Waals surface area contributed by atoms with Crippen LogP contribution in [-0.4, -0.2) is 24.8 Å². The highest BCUT2D eigenvalue weighted by Gasteiger charge is 2.10. The summed E-state index contributed by atoms with van der Waals surface area (Å²) in [5, 5.41) is 1.01. The molecule has 1 rings (SSSR count). The van der Waals surface area contributed by atoms with Crippen LogP contribution in [0.25, 0.3) is 0 Å². The standard InChI is InChI=1S/C10H14N2O3/c1-3-14-10(13)12(2)15-9-6-4-5-8(11)7-9/h4-7H,3,11H2,1-2H3. The Morgan fingerprint density at radius 1 is 1.53 bits per heavy atom. The maximum Gasteiger partial charge on any atom is 0.442 e. The van der Waals surface area contributed by atoms with Crippen molar-refractivity contribution in [2.24, 2.45) is 0 Å². The van der Waals surface area contributed by atoms with Crippen molar-refractivity contribution in [1.82, 2.24) is 5.06 Å². The summed E-state index contributed by atoms with van der Waals surface area (Å²) in [7, 11) is 1.47. The molecule has 0 aliphatic carbocycles. The number of anilines is 1. The number of nitrogens with zero attached hydrogens (tertiary/aromatic N) is 1. The Hall–Kier alpha value is -1.91. The zero-order chi connectivity index (χ0) is 11.3. The molecule has 5 heteroatoms. The van der Waals surface area contributed by atoms with Gasteiger partial charge in [-0.3, -0.25) is 0 Å². The molecule has 15 heavy (non-hydrogen) atoms. The molecular formula is C10H14N2O3. The zero-order valence-electron chi connectivity index (χ0n) is 8.77. The highest BCUT2D eigenvalue weighted by atomic mass is 16.7. The van der Waals surface area contributed by atoms with Crippen LogP contribution in [0.5, 0.6) is 5.75 Å². The van der Waals surface area contributed by atoms with Gasteiger partial charge in [0.05, 0.1) is 13.7 Å². The number of nitrogen functional groups attached to an aromatic ring is 1. The van der Waals surface area contributed by atoms with Gasteiger partial charge in [-0.1, -0.05) is 6.07 Å². The largest absolute Gasteiger partial charge is 0.448 e. The van der Waals surface area contributed by atoms with Crippen molar-refractivity contribution >= 4 is 11.8 Å². The molecule has 0 spiro atoms. The van der Waals surface area contributed by atoms with Gasteiger partial charge in [0.25, 0.3) is 0 Å². The molecular weight excluding hydrogens is 196 g/mol. The minimum atomic E-state index is -0.542. The number of carbonyl (C=O) groups excluding carboxylic acids is 1. The number of amides is 1. The minimum Gasteiger partial charge on any atom is -0.448 e. The molecule has 1 aromatic carbocycles. The maximum atomic E-state index is 11.2. The van der Waals surface area contributed by atoms with Crippen LogP contribution < -0.4 is 10.6 Å². The van der Waals surface area contributed by atoms with Crippen LogP contribution in [0.2, 0.25) is 0 Å².